The first-order chi connectivity index (χ1) is 11.1. The summed E-state index contributed by atoms with van der Waals surface area (Å²) in [5.41, 5.74) is 0.925. The van der Waals surface area contributed by atoms with Gasteiger partial charge in [-0.3, -0.25) is 9.59 Å². The van der Waals surface area contributed by atoms with E-state index in [0.29, 0.717) is 38.1 Å². The van der Waals surface area contributed by atoms with Gasteiger partial charge in [0.2, 0.25) is 5.91 Å². The van der Waals surface area contributed by atoms with Crippen LogP contribution in [0.3, 0.4) is 0 Å². The number of amides is 1. The molecule has 1 N–H and O–H groups in total. The Balaban J connectivity index is 1.59. The zero-order valence-corrected chi connectivity index (χ0v) is 13.7. The fourth-order valence-corrected chi connectivity index (χ4v) is 3.31. The lowest BCUT2D eigenvalue weighted by molar-refractivity contribution is -0.128. The summed E-state index contributed by atoms with van der Waals surface area (Å²) in [6.45, 7) is 4.39. The summed E-state index contributed by atoms with van der Waals surface area (Å²) in [4.78, 5) is 34.8. The molecular formula is C17H24N4O2. The number of anilines is 1. The first-order valence-corrected chi connectivity index (χ1v) is 8.51. The smallest absolute Gasteiger partial charge is 0.223 e. The molecule has 0 unspecified atom stereocenters. The van der Waals surface area contributed by atoms with Crippen LogP contribution in [0, 0.1) is 12.8 Å². The Morgan fingerprint density at radius 2 is 1.96 bits per heavy atom. The number of ketones is 1. The van der Waals surface area contributed by atoms with Gasteiger partial charge in [-0.15, -0.1) is 0 Å². The Labute approximate surface area is 136 Å². The molecular weight excluding hydrogens is 292 g/mol. The second-order valence-electron chi connectivity index (χ2n) is 6.51. The molecule has 1 saturated heterocycles. The van der Waals surface area contributed by atoms with Crippen molar-refractivity contribution in [1.29, 1.82) is 0 Å². The first kappa shape index (κ1) is 15.9. The molecule has 0 bridgehead atoms. The number of Topliss-reactive ketones (excluding diaryl/α,β-unsaturated/α-hetero) is 1. The average Bonchev–Trinajstić information content (AvgIpc) is 3.07. The highest BCUT2D eigenvalue weighted by Gasteiger charge is 2.24. The molecule has 2 heterocycles. The predicted molar refractivity (Wildman–Crippen MR) is 87.0 cm³/mol. The van der Waals surface area contributed by atoms with E-state index in [9.17, 15) is 9.59 Å². The number of rotatable bonds is 4. The van der Waals surface area contributed by atoms with Crippen molar-refractivity contribution >= 4 is 17.5 Å². The molecule has 0 radical (unpaired) electrons. The van der Waals surface area contributed by atoms with Crippen LogP contribution < -0.4 is 10.2 Å². The van der Waals surface area contributed by atoms with Gasteiger partial charge in [0.05, 0.1) is 6.54 Å². The number of hydrogen-bond donors (Lipinski definition) is 1. The van der Waals surface area contributed by atoms with Crippen molar-refractivity contribution in [3.8, 4) is 0 Å². The van der Waals surface area contributed by atoms with E-state index in [1.54, 1.807) is 0 Å². The molecule has 1 aromatic rings. The van der Waals surface area contributed by atoms with Crippen LogP contribution in [0.5, 0.6) is 0 Å². The Morgan fingerprint density at radius 1 is 1.26 bits per heavy atom. The van der Waals surface area contributed by atoms with Crippen LogP contribution in [0.15, 0.2) is 6.07 Å². The number of carbonyl (C=O) groups excluding carboxylic acids is 2. The van der Waals surface area contributed by atoms with Gasteiger partial charge in [0.1, 0.15) is 17.4 Å². The van der Waals surface area contributed by atoms with E-state index in [-0.39, 0.29) is 17.6 Å². The van der Waals surface area contributed by atoms with Crippen LogP contribution in [0.25, 0.3) is 0 Å². The van der Waals surface area contributed by atoms with E-state index in [2.05, 4.69) is 20.2 Å². The van der Waals surface area contributed by atoms with Gasteiger partial charge in [-0.05, 0) is 32.6 Å². The van der Waals surface area contributed by atoms with Crippen LogP contribution in [-0.4, -0.2) is 34.7 Å². The number of carbonyl (C=O) groups is 2. The minimum Gasteiger partial charge on any atom is -0.357 e. The molecule has 3 rings (SSSR count). The van der Waals surface area contributed by atoms with Crippen molar-refractivity contribution in [1.82, 2.24) is 15.3 Å². The van der Waals surface area contributed by atoms with Crippen molar-refractivity contribution in [3.05, 3.63) is 17.6 Å². The summed E-state index contributed by atoms with van der Waals surface area (Å²) in [6.07, 6.45) is 4.79. The molecule has 2 aliphatic rings. The molecule has 2 fully saturated rings. The van der Waals surface area contributed by atoms with Crippen LogP contribution in [0.2, 0.25) is 0 Å². The summed E-state index contributed by atoms with van der Waals surface area (Å²) in [7, 11) is 0. The maximum atomic E-state index is 12.2. The van der Waals surface area contributed by atoms with Crippen LogP contribution in [0.4, 0.5) is 5.82 Å². The van der Waals surface area contributed by atoms with Crippen molar-refractivity contribution in [2.24, 2.45) is 5.92 Å². The predicted octanol–water partition coefficient (Wildman–Crippen LogP) is 1.76. The van der Waals surface area contributed by atoms with Gasteiger partial charge >= 0.3 is 0 Å². The number of aromatic nitrogens is 2. The van der Waals surface area contributed by atoms with Crippen LogP contribution in [-0.2, 0) is 16.1 Å². The average molecular weight is 316 g/mol. The third-order valence-corrected chi connectivity index (χ3v) is 4.65. The van der Waals surface area contributed by atoms with Crippen LogP contribution >= 0.6 is 0 Å². The normalized spacial score (nSPS) is 19.2. The lowest BCUT2D eigenvalue weighted by Gasteiger charge is -2.20. The minimum atomic E-state index is -0.0458. The third-order valence-electron chi connectivity index (χ3n) is 4.65. The highest BCUT2D eigenvalue weighted by Crippen LogP contribution is 2.22. The molecule has 1 aliphatic carbocycles. The maximum Gasteiger partial charge on any atom is 0.223 e. The van der Waals surface area contributed by atoms with Gasteiger partial charge in [0.25, 0.3) is 0 Å². The fraction of sp³-hybridized carbons (Fsp3) is 0.647. The minimum absolute atomic E-state index is 0.0188. The van der Waals surface area contributed by atoms with E-state index >= 15 is 0 Å². The molecule has 1 aliphatic heterocycles. The molecule has 23 heavy (non-hydrogen) atoms. The number of nitrogens with zero attached hydrogens (tertiary/aromatic N) is 3. The second kappa shape index (κ2) is 7.06. The van der Waals surface area contributed by atoms with Crippen LogP contribution in [0.1, 0.15) is 50.0 Å². The quantitative estimate of drug-likeness (QED) is 0.916. The van der Waals surface area contributed by atoms with E-state index in [4.69, 9.17) is 0 Å². The number of hydrogen-bond acceptors (Lipinski definition) is 5. The molecule has 0 atom stereocenters. The van der Waals surface area contributed by atoms with Gasteiger partial charge in [-0.25, -0.2) is 9.97 Å². The van der Waals surface area contributed by atoms with E-state index in [1.165, 1.54) is 12.8 Å². The summed E-state index contributed by atoms with van der Waals surface area (Å²) in [5, 5.41) is 2.93. The van der Waals surface area contributed by atoms with E-state index in [0.717, 1.165) is 24.6 Å². The Kier molecular flexibility index (Phi) is 4.88. The SMILES string of the molecule is Cc1cc(N2CCCC2)nc(CNC(=O)C2CCC(=O)CC2)n1. The molecule has 6 heteroatoms. The summed E-state index contributed by atoms with van der Waals surface area (Å²) < 4.78 is 0. The standard InChI is InChI=1S/C17H24N4O2/c1-12-10-16(21-8-2-3-9-21)20-15(19-12)11-18-17(23)13-4-6-14(22)7-5-13/h10,13H,2-9,11H2,1H3,(H,18,23). The Hall–Kier alpha value is -1.98. The molecule has 124 valence electrons. The van der Waals surface area contributed by atoms with Gasteiger partial charge in [0, 0.05) is 43.6 Å². The Morgan fingerprint density at radius 3 is 2.65 bits per heavy atom. The third kappa shape index (κ3) is 4.06. The number of aryl methyl sites for hydroxylation is 1. The first-order valence-electron chi connectivity index (χ1n) is 8.51. The van der Waals surface area contributed by atoms with Gasteiger partial charge in [-0.2, -0.15) is 0 Å². The van der Waals surface area contributed by atoms with E-state index < -0.39 is 0 Å². The van der Waals surface area contributed by atoms with E-state index in [1.807, 2.05) is 13.0 Å². The maximum absolute atomic E-state index is 12.2. The van der Waals surface area contributed by atoms with Gasteiger partial charge < -0.3 is 10.2 Å². The molecule has 1 amide bonds. The second-order valence-corrected chi connectivity index (χ2v) is 6.51. The molecule has 6 nitrogen and oxygen atoms in total. The van der Waals surface area contributed by atoms with Crippen molar-refractivity contribution in [2.45, 2.75) is 52.0 Å². The Bertz CT molecular complexity index is 586. The monoisotopic (exact) mass is 316 g/mol. The summed E-state index contributed by atoms with van der Waals surface area (Å²) >= 11 is 0. The van der Waals surface area contributed by atoms with Gasteiger partial charge in [0.15, 0.2) is 0 Å². The van der Waals surface area contributed by atoms with Crippen molar-refractivity contribution in [3.63, 3.8) is 0 Å². The summed E-state index contributed by atoms with van der Waals surface area (Å²) in [6, 6.07) is 2.00. The molecule has 1 saturated carbocycles. The lowest BCUT2D eigenvalue weighted by atomic mass is 9.88. The molecule has 1 aromatic heterocycles. The highest BCUT2D eigenvalue weighted by atomic mass is 16.2. The molecule has 0 aromatic carbocycles. The summed E-state index contributed by atoms with van der Waals surface area (Å²) in [5.74, 6) is 1.86. The van der Waals surface area contributed by atoms with Crippen molar-refractivity contribution < 1.29 is 9.59 Å². The topological polar surface area (TPSA) is 75.2 Å². The largest absolute Gasteiger partial charge is 0.357 e. The van der Waals surface area contributed by atoms with Gasteiger partial charge in [-0.1, -0.05) is 0 Å². The zero-order chi connectivity index (χ0) is 16.2. The fourth-order valence-electron chi connectivity index (χ4n) is 3.31. The number of nitrogens with one attached hydrogen (secondary N) is 1. The molecule has 0 spiro atoms. The zero-order valence-electron chi connectivity index (χ0n) is 13.7. The van der Waals surface area contributed by atoms with Crippen molar-refractivity contribution in [2.75, 3.05) is 18.0 Å². The lowest BCUT2D eigenvalue weighted by Crippen LogP contribution is -2.33. The highest BCUT2D eigenvalue weighted by molar-refractivity contribution is 5.84.